The zero-order valence-electron chi connectivity index (χ0n) is 15.8. The maximum absolute atomic E-state index is 12.7. The topological polar surface area (TPSA) is 102 Å². The summed E-state index contributed by atoms with van der Waals surface area (Å²) in [6.07, 6.45) is -3.11. The minimum absolute atomic E-state index is 0.0968. The number of rotatable bonds is 7. The molecule has 1 heterocycles. The number of hydrogen-bond donors (Lipinski definition) is 1. The van der Waals surface area contributed by atoms with Gasteiger partial charge in [-0.05, 0) is 30.9 Å². The fourth-order valence-corrected chi connectivity index (χ4v) is 2.87. The minimum atomic E-state index is -4.70. The molecule has 2 rings (SSSR count). The molecule has 11 heteroatoms. The number of ether oxygens (including phenoxy) is 1. The van der Waals surface area contributed by atoms with Gasteiger partial charge < -0.3 is 15.0 Å². The molecule has 0 aromatic heterocycles. The van der Waals surface area contributed by atoms with E-state index in [1.807, 2.05) is 0 Å². The SMILES string of the molecule is CC1CCN(C(=O)COC(=O)CCNc2ccc(C(F)(F)F)cc2[N+](=O)[O-])CC1. The molecule has 29 heavy (non-hydrogen) atoms. The molecule has 8 nitrogen and oxygen atoms in total. The number of hydrogen-bond acceptors (Lipinski definition) is 6. The fourth-order valence-electron chi connectivity index (χ4n) is 2.87. The third-order valence-corrected chi connectivity index (χ3v) is 4.66. The summed E-state index contributed by atoms with van der Waals surface area (Å²) in [6.45, 7) is 2.87. The van der Waals surface area contributed by atoms with Gasteiger partial charge in [-0.2, -0.15) is 13.2 Å². The summed E-state index contributed by atoms with van der Waals surface area (Å²) in [6, 6.07) is 2.08. The van der Waals surface area contributed by atoms with E-state index in [0.717, 1.165) is 18.9 Å². The number of nitro groups is 1. The maximum Gasteiger partial charge on any atom is 0.416 e. The highest BCUT2D eigenvalue weighted by Gasteiger charge is 2.33. The van der Waals surface area contributed by atoms with Crippen molar-refractivity contribution >= 4 is 23.3 Å². The van der Waals surface area contributed by atoms with Gasteiger partial charge in [0, 0.05) is 25.7 Å². The molecule has 0 atom stereocenters. The lowest BCUT2D eigenvalue weighted by Gasteiger charge is -2.30. The second-order valence-electron chi connectivity index (χ2n) is 6.89. The quantitative estimate of drug-likeness (QED) is 0.415. The van der Waals surface area contributed by atoms with Gasteiger partial charge in [0.05, 0.1) is 16.9 Å². The number of anilines is 1. The highest BCUT2D eigenvalue weighted by atomic mass is 19.4. The van der Waals surface area contributed by atoms with Gasteiger partial charge in [-0.1, -0.05) is 6.92 Å². The molecule has 1 aromatic rings. The molecule has 0 aliphatic carbocycles. The van der Waals surface area contributed by atoms with Crippen molar-refractivity contribution in [1.29, 1.82) is 0 Å². The second-order valence-corrected chi connectivity index (χ2v) is 6.89. The van der Waals surface area contributed by atoms with Gasteiger partial charge in [0.2, 0.25) is 0 Å². The Morgan fingerprint density at radius 1 is 1.31 bits per heavy atom. The normalized spacial score (nSPS) is 15.1. The molecular formula is C18H22F3N3O5. The summed E-state index contributed by atoms with van der Waals surface area (Å²) in [5.74, 6) is -0.413. The molecule has 160 valence electrons. The zero-order valence-corrected chi connectivity index (χ0v) is 15.8. The molecule has 0 spiro atoms. The first-order chi connectivity index (χ1) is 13.6. The molecule has 0 radical (unpaired) electrons. The maximum atomic E-state index is 12.7. The Labute approximate surface area is 165 Å². The number of piperidine rings is 1. The van der Waals surface area contributed by atoms with Crippen LogP contribution in [0.25, 0.3) is 0 Å². The lowest BCUT2D eigenvalue weighted by molar-refractivity contribution is -0.384. The van der Waals surface area contributed by atoms with Gasteiger partial charge in [0.1, 0.15) is 5.69 Å². The van der Waals surface area contributed by atoms with Crippen molar-refractivity contribution in [1.82, 2.24) is 4.90 Å². The monoisotopic (exact) mass is 417 g/mol. The average Bonchev–Trinajstić information content (AvgIpc) is 2.65. The highest BCUT2D eigenvalue weighted by molar-refractivity contribution is 5.81. The van der Waals surface area contributed by atoms with E-state index in [9.17, 15) is 32.9 Å². The number of nitro benzene ring substituents is 1. The summed E-state index contributed by atoms with van der Waals surface area (Å²) in [7, 11) is 0. The van der Waals surface area contributed by atoms with Gasteiger partial charge >= 0.3 is 12.1 Å². The van der Waals surface area contributed by atoms with Gasteiger partial charge in [-0.25, -0.2) is 0 Å². The van der Waals surface area contributed by atoms with Crippen LogP contribution in [-0.4, -0.2) is 47.9 Å². The average molecular weight is 417 g/mol. The van der Waals surface area contributed by atoms with Crippen LogP contribution in [0.15, 0.2) is 18.2 Å². The summed E-state index contributed by atoms with van der Waals surface area (Å²) in [5.41, 5.74) is -2.03. The molecule has 0 saturated carbocycles. The zero-order chi connectivity index (χ0) is 21.6. The molecule has 1 amide bonds. The fraction of sp³-hybridized carbons (Fsp3) is 0.556. The number of amides is 1. The van der Waals surface area contributed by atoms with E-state index < -0.39 is 28.3 Å². The van der Waals surface area contributed by atoms with Crippen molar-refractivity contribution in [3.63, 3.8) is 0 Å². The summed E-state index contributed by atoms with van der Waals surface area (Å²) in [5, 5.41) is 13.6. The van der Waals surface area contributed by atoms with Crippen molar-refractivity contribution in [2.75, 3.05) is 31.6 Å². The molecule has 1 aliphatic heterocycles. The van der Waals surface area contributed by atoms with Crippen molar-refractivity contribution in [3.8, 4) is 0 Å². The van der Waals surface area contributed by atoms with Crippen molar-refractivity contribution in [2.24, 2.45) is 5.92 Å². The largest absolute Gasteiger partial charge is 0.456 e. The first-order valence-corrected chi connectivity index (χ1v) is 9.11. The van der Waals surface area contributed by atoms with E-state index in [4.69, 9.17) is 4.74 Å². The van der Waals surface area contributed by atoms with Crippen molar-refractivity contribution in [3.05, 3.63) is 33.9 Å². The molecule has 0 bridgehead atoms. The van der Waals surface area contributed by atoms with Crippen LogP contribution in [0.5, 0.6) is 0 Å². The van der Waals surface area contributed by atoms with Crippen molar-refractivity contribution < 1.29 is 32.4 Å². The first-order valence-electron chi connectivity index (χ1n) is 9.11. The lowest BCUT2D eigenvalue weighted by Crippen LogP contribution is -2.40. The van der Waals surface area contributed by atoms with Crippen LogP contribution in [-0.2, 0) is 20.5 Å². The van der Waals surface area contributed by atoms with Gasteiger partial charge in [0.25, 0.3) is 11.6 Å². The highest BCUT2D eigenvalue weighted by Crippen LogP contribution is 2.34. The van der Waals surface area contributed by atoms with Gasteiger partial charge in [-0.15, -0.1) is 0 Å². The van der Waals surface area contributed by atoms with E-state index in [1.165, 1.54) is 0 Å². The Morgan fingerprint density at radius 2 is 1.97 bits per heavy atom. The Bertz CT molecular complexity index is 762. The third kappa shape index (κ3) is 6.61. The van der Waals surface area contributed by atoms with E-state index >= 15 is 0 Å². The van der Waals surface area contributed by atoms with Crippen LogP contribution in [0.3, 0.4) is 0 Å². The summed E-state index contributed by atoms with van der Waals surface area (Å²) in [4.78, 5) is 35.5. The third-order valence-electron chi connectivity index (χ3n) is 4.66. The molecule has 0 unspecified atom stereocenters. The molecule has 1 saturated heterocycles. The standard InChI is InChI=1S/C18H22F3N3O5/c1-12-5-8-23(9-6-12)16(25)11-29-17(26)4-7-22-14-3-2-13(18(19,20)21)10-15(14)24(27)28/h2-3,10,12,22H,4-9,11H2,1H3. The van der Waals surface area contributed by atoms with Gasteiger partial charge in [0.15, 0.2) is 6.61 Å². The number of alkyl halides is 3. The summed E-state index contributed by atoms with van der Waals surface area (Å²) < 4.78 is 43.0. The minimum Gasteiger partial charge on any atom is -0.456 e. The Kier molecular flexibility index (Phi) is 7.40. The summed E-state index contributed by atoms with van der Waals surface area (Å²) >= 11 is 0. The van der Waals surface area contributed by atoms with E-state index in [2.05, 4.69) is 12.2 Å². The number of nitrogens with zero attached hydrogens (tertiary/aromatic N) is 2. The van der Waals surface area contributed by atoms with E-state index in [1.54, 1.807) is 4.90 Å². The predicted molar refractivity (Wildman–Crippen MR) is 97.1 cm³/mol. The lowest BCUT2D eigenvalue weighted by atomic mass is 9.99. The Morgan fingerprint density at radius 3 is 2.55 bits per heavy atom. The molecule has 1 N–H and O–H groups in total. The first kappa shape index (κ1) is 22.4. The van der Waals surface area contributed by atoms with E-state index in [0.29, 0.717) is 31.1 Å². The number of carbonyl (C=O) groups is 2. The van der Waals surface area contributed by atoms with Crippen molar-refractivity contribution in [2.45, 2.75) is 32.4 Å². The number of halogens is 3. The van der Waals surface area contributed by atoms with Crippen LogP contribution < -0.4 is 5.32 Å². The molecular weight excluding hydrogens is 395 g/mol. The predicted octanol–water partition coefficient (Wildman–Crippen LogP) is 3.22. The van der Waals surface area contributed by atoms with E-state index in [-0.39, 0.29) is 31.2 Å². The number of likely N-dealkylation sites (tertiary alicyclic amines) is 1. The molecule has 1 aromatic carbocycles. The number of nitrogens with one attached hydrogen (secondary N) is 1. The Balaban J connectivity index is 1.81. The molecule has 1 fully saturated rings. The Hall–Kier alpha value is -2.85. The number of benzene rings is 1. The smallest absolute Gasteiger partial charge is 0.416 e. The van der Waals surface area contributed by atoms with Crippen LogP contribution in [0.1, 0.15) is 31.7 Å². The van der Waals surface area contributed by atoms with Crippen LogP contribution in [0, 0.1) is 16.0 Å². The van der Waals surface area contributed by atoms with Crippen LogP contribution in [0.4, 0.5) is 24.5 Å². The van der Waals surface area contributed by atoms with Crippen LogP contribution in [0.2, 0.25) is 0 Å². The second kappa shape index (κ2) is 9.57. The van der Waals surface area contributed by atoms with Crippen LogP contribution >= 0.6 is 0 Å². The number of carbonyl (C=O) groups excluding carboxylic acids is 2. The molecule has 1 aliphatic rings. The number of esters is 1. The van der Waals surface area contributed by atoms with Gasteiger partial charge in [-0.3, -0.25) is 19.7 Å².